The number of rotatable bonds is 6. The summed E-state index contributed by atoms with van der Waals surface area (Å²) in [5.74, 6) is 0.914. The molecule has 2 atom stereocenters. The van der Waals surface area contributed by atoms with Crippen LogP contribution in [0.25, 0.3) is 0 Å². The van der Waals surface area contributed by atoms with Crippen LogP contribution >= 0.6 is 0 Å². The lowest BCUT2D eigenvalue weighted by molar-refractivity contribution is -0.133. The van der Waals surface area contributed by atoms with Crippen molar-refractivity contribution in [3.63, 3.8) is 0 Å². The van der Waals surface area contributed by atoms with Crippen LogP contribution in [0.5, 0.6) is 0 Å². The lowest BCUT2D eigenvalue weighted by atomic mass is 9.91. The van der Waals surface area contributed by atoms with Crippen molar-refractivity contribution in [3.05, 3.63) is 0 Å². The van der Waals surface area contributed by atoms with Crippen LogP contribution in [0.4, 0.5) is 0 Å². The van der Waals surface area contributed by atoms with Gasteiger partial charge in [-0.25, -0.2) is 0 Å². The predicted molar refractivity (Wildman–Crippen MR) is 80.2 cm³/mol. The van der Waals surface area contributed by atoms with E-state index >= 15 is 0 Å². The van der Waals surface area contributed by atoms with Crippen LogP contribution < -0.4 is 5.32 Å². The van der Waals surface area contributed by atoms with Crippen LogP contribution in [0, 0.1) is 5.92 Å². The molecular weight excluding hydrogens is 238 g/mol. The van der Waals surface area contributed by atoms with Crippen molar-refractivity contribution in [2.75, 3.05) is 33.2 Å². The first kappa shape index (κ1) is 16.4. The lowest BCUT2D eigenvalue weighted by Gasteiger charge is -2.36. The SMILES string of the molecule is CCNC(C)C1CCCN(CC(=O)N(C)C(C)C)C1. The summed E-state index contributed by atoms with van der Waals surface area (Å²) in [6.07, 6.45) is 2.48. The van der Waals surface area contributed by atoms with E-state index in [0.29, 0.717) is 18.5 Å². The molecule has 0 spiro atoms. The van der Waals surface area contributed by atoms with E-state index in [1.807, 2.05) is 11.9 Å². The molecule has 0 saturated carbocycles. The average molecular weight is 269 g/mol. The smallest absolute Gasteiger partial charge is 0.236 e. The first-order valence-electron chi connectivity index (χ1n) is 7.67. The number of carbonyl (C=O) groups is 1. The van der Waals surface area contributed by atoms with Crippen LogP contribution in [0.1, 0.15) is 40.5 Å². The Bertz CT molecular complexity index is 281. The molecule has 1 rings (SSSR count). The van der Waals surface area contributed by atoms with Gasteiger partial charge in [-0.05, 0) is 52.6 Å². The van der Waals surface area contributed by atoms with Gasteiger partial charge in [-0.1, -0.05) is 6.92 Å². The monoisotopic (exact) mass is 269 g/mol. The number of amides is 1. The van der Waals surface area contributed by atoms with Crippen LogP contribution in [0.15, 0.2) is 0 Å². The molecule has 4 nitrogen and oxygen atoms in total. The van der Waals surface area contributed by atoms with E-state index < -0.39 is 0 Å². The lowest BCUT2D eigenvalue weighted by Crippen LogP contribution is -2.48. The van der Waals surface area contributed by atoms with E-state index in [2.05, 4.69) is 37.9 Å². The topological polar surface area (TPSA) is 35.6 Å². The fourth-order valence-corrected chi connectivity index (χ4v) is 2.72. The quantitative estimate of drug-likeness (QED) is 0.795. The highest BCUT2D eigenvalue weighted by molar-refractivity contribution is 5.78. The zero-order valence-electron chi connectivity index (χ0n) is 13.3. The molecule has 1 aliphatic rings. The summed E-state index contributed by atoms with van der Waals surface area (Å²) in [7, 11) is 1.90. The van der Waals surface area contributed by atoms with Crippen molar-refractivity contribution >= 4 is 5.91 Å². The van der Waals surface area contributed by atoms with Crippen molar-refractivity contribution < 1.29 is 4.79 Å². The molecule has 0 aliphatic carbocycles. The maximum Gasteiger partial charge on any atom is 0.236 e. The minimum Gasteiger partial charge on any atom is -0.342 e. The molecule has 0 aromatic rings. The normalized spacial score (nSPS) is 22.5. The highest BCUT2D eigenvalue weighted by Crippen LogP contribution is 2.19. The van der Waals surface area contributed by atoms with E-state index in [1.165, 1.54) is 12.8 Å². The van der Waals surface area contributed by atoms with Gasteiger partial charge in [0.15, 0.2) is 0 Å². The third kappa shape index (κ3) is 5.11. The van der Waals surface area contributed by atoms with Gasteiger partial charge < -0.3 is 10.2 Å². The first-order chi connectivity index (χ1) is 8.95. The van der Waals surface area contributed by atoms with Gasteiger partial charge in [0.25, 0.3) is 0 Å². The Balaban J connectivity index is 2.44. The number of likely N-dealkylation sites (tertiary alicyclic amines) is 1. The Hall–Kier alpha value is -0.610. The third-order valence-electron chi connectivity index (χ3n) is 4.30. The second-order valence-electron chi connectivity index (χ2n) is 6.08. The summed E-state index contributed by atoms with van der Waals surface area (Å²) >= 11 is 0. The summed E-state index contributed by atoms with van der Waals surface area (Å²) in [6, 6.07) is 0.833. The molecule has 1 amide bonds. The molecule has 0 bridgehead atoms. The van der Waals surface area contributed by atoms with Crippen molar-refractivity contribution in [1.29, 1.82) is 0 Å². The third-order valence-corrected chi connectivity index (χ3v) is 4.30. The second-order valence-corrected chi connectivity index (χ2v) is 6.08. The number of piperidine rings is 1. The molecular formula is C15H31N3O. The Labute approximate surface area is 118 Å². The van der Waals surface area contributed by atoms with Gasteiger partial charge in [0.1, 0.15) is 0 Å². The van der Waals surface area contributed by atoms with E-state index in [9.17, 15) is 4.79 Å². The molecule has 4 heteroatoms. The van der Waals surface area contributed by atoms with Gasteiger partial charge in [-0.2, -0.15) is 0 Å². The number of hydrogen-bond donors (Lipinski definition) is 1. The van der Waals surface area contributed by atoms with Crippen LogP contribution in [-0.2, 0) is 4.79 Å². The largest absolute Gasteiger partial charge is 0.342 e. The summed E-state index contributed by atoms with van der Waals surface area (Å²) in [5.41, 5.74) is 0. The van der Waals surface area contributed by atoms with Gasteiger partial charge in [-0.3, -0.25) is 9.69 Å². The molecule has 2 unspecified atom stereocenters. The minimum atomic E-state index is 0.242. The highest BCUT2D eigenvalue weighted by atomic mass is 16.2. The number of nitrogens with one attached hydrogen (secondary N) is 1. The maximum absolute atomic E-state index is 12.1. The molecule has 1 saturated heterocycles. The second kappa shape index (κ2) is 7.85. The molecule has 112 valence electrons. The molecule has 1 N–H and O–H groups in total. The predicted octanol–water partition coefficient (Wildman–Crippen LogP) is 1.56. The van der Waals surface area contributed by atoms with Gasteiger partial charge in [0.05, 0.1) is 6.54 Å². The molecule has 0 aromatic heterocycles. The molecule has 1 aliphatic heterocycles. The van der Waals surface area contributed by atoms with Gasteiger partial charge in [0.2, 0.25) is 5.91 Å². The van der Waals surface area contributed by atoms with Crippen molar-refractivity contribution in [1.82, 2.24) is 15.1 Å². The molecule has 0 radical (unpaired) electrons. The van der Waals surface area contributed by atoms with Crippen LogP contribution in [0.2, 0.25) is 0 Å². The average Bonchev–Trinajstić information content (AvgIpc) is 2.38. The van der Waals surface area contributed by atoms with E-state index in [1.54, 1.807) is 0 Å². The zero-order chi connectivity index (χ0) is 14.4. The van der Waals surface area contributed by atoms with Crippen molar-refractivity contribution in [2.24, 2.45) is 5.92 Å². The number of likely N-dealkylation sites (N-methyl/N-ethyl adjacent to an activating group) is 1. The zero-order valence-corrected chi connectivity index (χ0v) is 13.3. The van der Waals surface area contributed by atoms with Gasteiger partial charge in [-0.15, -0.1) is 0 Å². The molecule has 19 heavy (non-hydrogen) atoms. The standard InChI is InChI=1S/C15H31N3O/c1-6-16-13(4)14-8-7-9-18(10-14)11-15(19)17(5)12(2)3/h12-14,16H,6-11H2,1-5H3. The maximum atomic E-state index is 12.1. The van der Waals surface area contributed by atoms with E-state index in [4.69, 9.17) is 0 Å². The summed E-state index contributed by atoms with van der Waals surface area (Å²) < 4.78 is 0. The number of carbonyl (C=O) groups excluding carboxylic acids is 1. The molecule has 1 heterocycles. The van der Waals surface area contributed by atoms with Gasteiger partial charge >= 0.3 is 0 Å². The summed E-state index contributed by atoms with van der Waals surface area (Å²) in [5, 5.41) is 3.51. The number of hydrogen-bond acceptors (Lipinski definition) is 3. The highest BCUT2D eigenvalue weighted by Gasteiger charge is 2.26. The fraction of sp³-hybridized carbons (Fsp3) is 0.933. The summed E-state index contributed by atoms with van der Waals surface area (Å²) in [4.78, 5) is 16.3. The Kier molecular flexibility index (Phi) is 6.80. The Morgan fingerprint density at radius 1 is 1.42 bits per heavy atom. The number of nitrogens with zero attached hydrogens (tertiary/aromatic N) is 2. The van der Waals surface area contributed by atoms with Crippen molar-refractivity contribution in [3.8, 4) is 0 Å². The fourth-order valence-electron chi connectivity index (χ4n) is 2.72. The Morgan fingerprint density at radius 2 is 2.11 bits per heavy atom. The van der Waals surface area contributed by atoms with E-state index in [-0.39, 0.29) is 11.9 Å². The van der Waals surface area contributed by atoms with Gasteiger partial charge in [0, 0.05) is 25.7 Å². The van der Waals surface area contributed by atoms with Crippen LogP contribution in [0.3, 0.4) is 0 Å². The van der Waals surface area contributed by atoms with Crippen LogP contribution in [-0.4, -0.2) is 61.0 Å². The molecule has 1 fully saturated rings. The summed E-state index contributed by atoms with van der Waals surface area (Å²) in [6.45, 7) is 12.2. The van der Waals surface area contributed by atoms with E-state index in [0.717, 1.165) is 19.6 Å². The first-order valence-corrected chi connectivity index (χ1v) is 7.67. The van der Waals surface area contributed by atoms with Crippen molar-refractivity contribution in [2.45, 2.75) is 52.6 Å². The minimum absolute atomic E-state index is 0.242. The molecule has 0 aromatic carbocycles. The Morgan fingerprint density at radius 3 is 2.68 bits per heavy atom.